The van der Waals surface area contributed by atoms with Crippen LogP contribution in [0.25, 0.3) is 0 Å². The van der Waals surface area contributed by atoms with Gasteiger partial charge in [-0.1, -0.05) is 35.9 Å². The molecule has 1 amide bonds. The van der Waals surface area contributed by atoms with Gasteiger partial charge in [0.2, 0.25) is 0 Å². The lowest BCUT2D eigenvalue weighted by atomic mass is 10.2. The molecule has 3 aromatic carbocycles. The number of esters is 1. The van der Waals surface area contributed by atoms with Crippen LogP contribution in [0, 0.1) is 13.8 Å². The van der Waals surface area contributed by atoms with E-state index in [-0.39, 0.29) is 12.5 Å². The molecule has 0 spiro atoms. The van der Waals surface area contributed by atoms with Gasteiger partial charge in [0.15, 0.2) is 6.61 Å². The lowest BCUT2D eigenvalue weighted by Crippen LogP contribution is -2.18. The van der Waals surface area contributed by atoms with Crippen molar-refractivity contribution in [3.8, 4) is 11.5 Å². The van der Waals surface area contributed by atoms with Gasteiger partial charge in [0.25, 0.3) is 5.91 Å². The second-order valence-corrected chi connectivity index (χ2v) is 6.37. The maximum atomic E-state index is 12.3. The summed E-state index contributed by atoms with van der Waals surface area (Å²) in [7, 11) is 0. The highest BCUT2D eigenvalue weighted by Crippen LogP contribution is 2.17. The maximum absolute atomic E-state index is 12.3. The summed E-state index contributed by atoms with van der Waals surface area (Å²) in [6.07, 6.45) is 0. The van der Waals surface area contributed by atoms with Crippen LogP contribution >= 0.6 is 0 Å². The minimum absolute atomic E-state index is 0.194. The van der Waals surface area contributed by atoms with Crippen LogP contribution in [0.4, 0.5) is 5.69 Å². The quantitative estimate of drug-likeness (QED) is 0.507. The second-order valence-electron chi connectivity index (χ2n) is 6.37. The molecule has 28 heavy (non-hydrogen) atoms. The van der Waals surface area contributed by atoms with E-state index in [9.17, 15) is 9.59 Å². The number of nitrogens with one attached hydrogen (secondary N) is 1. The average molecular weight is 375 g/mol. The van der Waals surface area contributed by atoms with E-state index in [1.807, 2.05) is 56.3 Å². The van der Waals surface area contributed by atoms with E-state index in [4.69, 9.17) is 9.47 Å². The number of anilines is 1. The van der Waals surface area contributed by atoms with Gasteiger partial charge in [-0.3, -0.25) is 4.79 Å². The van der Waals surface area contributed by atoms with Crippen LogP contribution < -0.4 is 14.8 Å². The molecule has 0 bridgehead atoms. The molecule has 1 N–H and O–H groups in total. The Hall–Kier alpha value is -3.60. The molecule has 5 nitrogen and oxygen atoms in total. The molecule has 0 aromatic heterocycles. The molecular formula is C23H21NO4. The molecule has 3 rings (SSSR count). The highest BCUT2D eigenvalue weighted by atomic mass is 16.6. The molecule has 0 saturated heterocycles. The zero-order valence-corrected chi connectivity index (χ0v) is 15.8. The molecule has 0 atom stereocenters. The summed E-state index contributed by atoms with van der Waals surface area (Å²) in [6, 6.07) is 21.4. The first-order valence-corrected chi connectivity index (χ1v) is 8.88. The maximum Gasteiger partial charge on any atom is 0.349 e. The third-order valence-corrected chi connectivity index (χ3v) is 4.10. The highest BCUT2D eigenvalue weighted by Gasteiger charge is 2.10. The van der Waals surface area contributed by atoms with Gasteiger partial charge in [-0.25, -0.2) is 4.79 Å². The Morgan fingerprint density at radius 2 is 1.54 bits per heavy atom. The van der Waals surface area contributed by atoms with Crippen LogP contribution in [0.15, 0.2) is 72.8 Å². The summed E-state index contributed by atoms with van der Waals surface area (Å²) in [5.74, 6) is 0.248. The van der Waals surface area contributed by atoms with Crippen LogP contribution in [-0.2, 0) is 4.79 Å². The fourth-order valence-electron chi connectivity index (χ4n) is 2.53. The summed E-state index contributed by atoms with van der Waals surface area (Å²) in [5, 5.41) is 2.82. The van der Waals surface area contributed by atoms with Gasteiger partial charge in [0.05, 0.1) is 0 Å². The van der Waals surface area contributed by atoms with Crippen molar-refractivity contribution in [2.24, 2.45) is 0 Å². The Morgan fingerprint density at radius 3 is 2.21 bits per heavy atom. The Kier molecular flexibility index (Phi) is 6.07. The van der Waals surface area contributed by atoms with E-state index in [1.165, 1.54) is 0 Å². The molecule has 142 valence electrons. The van der Waals surface area contributed by atoms with Crippen molar-refractivity contribution in [3.05, 3.63) is 89.5 Å². The third-order valence-electron chi connectivity index (χ3n) is 4.10. The zero-order chi connectivity index (χ0) is 19.9. The number of aryl methyl sites for hydroxylation is 2. The van der Waals surface area contributed by atoms with Crippen LogP contribution in [-0.4, -0.2) is 18.5 Å². The van der Waals surface area contributed by atoms with Crippen molar-refractivity contribution in [2.45, 2.75) is 13.8 Å². The van der Waals surface area contributed by atoms with E-state index in [0.717, 1.165) is 16.8 Å². The molecule has 0 aliphatic carbocycles. The van der Waals surface area contributed by atoms with Crippen molar-refractivity contribution >= 4 is 17.6 Å². The van der Waals surface area contributed by atoms with Gasteiger partial charge in [-0.05, 0) is 61.9 Å². The molecule has 0 aliphatic rings. The number of rotatable bonds is 6. The van der Waals surface area contributed by atoms with E-state index in [2.05, 4.69) is 5.32 Å². The van der Waals surface area contributed by atoms with Crippen LogP contribution in [0.1, 0.15) is 21.5 Å². The van der Waals surface area contributed by atoms with E-state index in [0.29, 0.717) is 17.1 Å². The molecule has 0 fully saturated rings. The summed E-state index contributed by atoms with van der Waals surface area (Å²) in [4.78, 5) is 24.2. The first-order valence-electron chi connectivity index (χ1n) is 8.88. The van der Waals surface area contributed by atoms with Gasteiger partial charge in [-0.15, -0.1) is 0 Å². The number of carbonyl (C=O) groups is 2. The van der Waals surface area contributed by atoms with Crippen LogP contribution in [0.2, 0.25) is 0 Å². The summed E-state index contributed by atoms with van der Waals surface area (Å²) in [5.41, 5.74) is 3.26. The van der Waals surface area contributed by atoms with Crippen molar-refractivity contribution in [3.63, 3.8) is 0 Å². The van der Waals surface area contributed by atoms with Crippen molar-refractivity contribution in [1.82, 2.24) is 0 Å². The topological polar surface area (TPSA) is 64.6 Å². The molecule has 0 radical (unpaired) electrons. The molecule has 0 saturated carbocycles. The first kappa shape index (κ1) is 19.2. The average Bonchev–Trinajstić information content (AvgIpc) is 2.69. The largest absolute Gasteiger partial charge is 0.482 e. The van der Waals surface area contributed by atoms with Crippen molar-refractivity contribution in [2.75, 3.05) is 11.9 Å². The normalized spacial score (nSPS) is 10.2. The molecule has 0 unspecified atom stereocenters. The third kappa shape index (κ3) is 5.20. The standard InChI is InChI=1S/C23H21NO4/c1-16-7-11-19(12-8-16)24-23(26)18-9-13-20(14-10-18)28-22(25)15-27-21-6-4-3-5-17(21)2/h3-14H,15H2,1-2H3,(H,24,26). The lowest BCUT2D eigenvalue weighted by molar-refractivity contribution is -0.136. The monoisotopic (exact) mass is 375 g/mol. The second kappa shape index (κ2) is 8.86. The number of amides is 1. The Balaban J connectivity index is 1.53. The molecular weight excluding hydrogens is 354 g/mol. The lowest BCUT2D eigenvalue weighted by Gasteiger charge is -2.09. The van der Waals surface area contributed by atoms with E-state index < -0.39 is 5.97 Å². The number of benzene rings is 3. The summed E-state index contributed by atoms with van der Waals surface area (Å²) < 4.78 is 10.7. The molecule has 5 heteroatoms. The molecule has 3 aromatic rings. The predicted molar refractivity (Wildman–Crippen MR) is 108 cm³/mol. The first-order chi connectivity index (χ1) is 13.5. The van der Waals surface area contributed by atoms with E-state index in [1.54, 1.807) is 30.3 Å². The smallest absolute Gasteiger partial charge is 0.349 e. The van der Waals surface area contributed by atoms with Crippen LogP contribution in [0.5, 0.6) is 11.5 Å². The van der Waals surface area contributed by atoms with Gasteiger partial charge >= 0.3 is 5.97 Å². The number of hydrogen-bond acceptors (Lipinski definition) is 4. The number of para-hydroxylation sites is 1. The van der Waals surface area contributed by atoms with Gasteiger partial charge in [0, 0.05) is 11.3 Å². The van der Waals surface area contributed by atoms with Crippen LogP contribution in [0.3, 0.4) is 0 Å². The zero-order valence-electron chi connectivity index (χ0n) is 15.8. The Morgan fingerprint density at radius 1 is 0.857 bits per heavy atom. The fourth-order valence-corrected chi connectivity index (χ4v) is 2.53. The minimum Gasteiger partial charge on any atom is -0.482 e. The summed E-state index contributed by atoms with van der Waals surface area (Å²) >= 11 is 0. The van der Waals surface area contributed by atoms with Gasteiger partial charge < -0.3 is 14.8 Å². The number of ether oxygens (including phenoxy) is 2. The predicted octanol–water partition coefficient (Wildman–Crippen LogP) is 4.54. The van der Waals surface area contributed by atoms with Gasteiger partial charge in [-0.2, -0.15) is 0 Å². The minimum atomic E-state index is -0.514. The number of carbonyl (C=O) groups excluding carboxylic acids is 2. The Labute approximate surface area is 163 Å². The molecule has 0 aliphatic heterocycles. The highest BCUT2D eigenvalue weighted by molar-refractivity contribution is 6.04. The summed E-state index contributed by atoms with van der Waals surface area (Å²) in [6.45, 7) is 3.69. The van der Waals surface area contributed by atoms with E-state index >= 15 is 0 Å². The molecule has 0 heterocycles. The fraction of sp³-hybridized carbons (Fsp3) is 0.130. The van der Waals surface area contributed by atoms with Crippen molar-refractivity contribution in [1.29, 1.82) is 0 Å². The SMILES string of the molecule is Cc1ccc(NC(=O)c2ccc(OC(=O)COc3ccccc3C)cc2)cc1. The van der Waals surface area contributed by atoms with Gasteiger partial charge in [0.1, 0.15) is 11.5 Å². The Bertz CT molecular complexity index is 963. The number of hydrogen-bond donors (Lipinski definition) is 1. The van der Waals surface area contributed by atoms with Crippen molar-refractivity contribution < 1.29 is 19.1 Å².